The third-order valence-corrected chi connectivity index (χ3v) is 4.37. The number of nitrogens with one attached hydrogen (secondary N) is 3. The Morgan fingerprint density at radius 2 is 1.53 bits per heavy atom. The molecule has 156 valence electrons. The highest BCUT2D eigenvalue weighted by Gasteiger charge is 2.31. The minimum Gasteiger partial charge on any atom is -0.406 e. The summed E-state index contributed by atoms with van der Waals surface area (Å²) < 4.78 is 40.3. The fraction of sp³-hybridized carbons (Fsp3) is 0.105. The normalized spacial score (nSPS) is 10.9. The fourth-order valence-electron chi connectivity index (χ4n) is 2.27. The van der Waals surface area contributed by atoms with Gasteiger partial charge in [-0.3, -0.25) is 10.1 Å². The highest BCUT2D eigenvalue weighted by molar-refractivity contribution is 7.14. The molecular weight excluding hydrogens is 421 g/mol. The van der Waals surface area contributed by atoms with Crippen molar-refractivity contribution in [3.05, 3.63) is 65.2 Å². The van der Waals surface area contributed by atoms with Crippen molar-refractivity contribution in [2.24, 2.45) is 0 Å². The van der Waals surface area contributed by atoms with E-state index in [1.165, 1.54) is 17.5 Å². The van der Waals surface area contributed by atoms with Crippen LogP contribution in [0.2, 0.25) is 0 Å². The quantitative estimate of drug-likeness (QED) is 0.510. The van der Waals surface area contributed by atoms with E-state index >= 15 is 0 Å². The van der Waals surface area contributed by atoms with Crippen LogP contribution in [0, 0.1) is 6.92 Å². The predicted octanol–water partition coefficient (Wildman–Crippen LogP) is 5.25. The lowest BCUT2D eigenvalue weighted by Gasteiger charge is -2.09. The van der Waals surface area contributed by atoms with Crippen LogP contribution in [0.1, 0.15) is 16.1 Å². The molecule has 0 bridgehead atoms. The van der Waals surface area contributed by atoms with Gasteiger partial charge in [-0.25, -0.2) is 9.78 Å². The Morgan fingerprint density at radius 1 is 0.933 bits per heavy atom. The maximum absolute atomic E-state index is 12.2. The Kier molecular flexibility index (Phi) is 6.21. The summed E-state index contributed by atoms with van der Waals surface area (Å²) in [5.41, 5.74) is 1.96. The second kappa shape index (κ2) is 8.82. The van der Waals surface area contributed by atoms with Gasteiger partial charge in [0.1, 0.15) is 11.4 Å². The van der Waals surface area contributed by atoms with E-state index in [1.807, 2.05) is 19.1 Å². The first kappa shape index (κ1) is 21.1. The van der Waals surface area contributed by atoms with Crippen LogP contribution in [0.5, 0.6) is 5.75 Å². The molecule has 2 aromatic carbocycles. The van der Waals surface area contributed by atoms with Crippen LogP contribution in [0.25, 0.3) is 0 Å². The number of benzene rings is 2. The Hall–Kier alpha value is -3.60. The molecule has 1 aromatic heterocycles. The molecule has 0 atom stereocenters. The average molecular weight is 436 g/mol. The number of nitrogens with zero attached hydrogens (tertiary/aromatic N) is 1. The summed E-state index contributed by atoms with van der Waals surface area (Å²) in [5, 5.41) is 9.32. The standard InChI is InChI=1S/C19H15F3N4O3S/c1-11-2-4-13(5-3-11)24-17(28)26-18-25-15(10-30-18)16(27)23-12-6-8-14(9-7-12)29-19(20,21)22/h2-10H,1H3,(H,23,27)(H2,24,25,26,28). The summed E-state index contributed by atoms with van der Waals surface area (Å²) in [4.78, 5) is 28.3. The zero-order valence-electron chi connectivity index (χ0n) is 15.4. The number of thiazole rings is 1. The number of carbonyl (C=O) groups is 2. The minimum absolute atomic E-state index is 0.0428. The predicted molar refractivity (Wildman–Crippen MR) is 107 cm³/mol. The van der Waals surface area contributed by atoms with E-state index in [9.17, 15) is 22.8 Å². The lowest BCUT2D eigenvalue weighted by molar-refractivity contribution is -0.274. The molecule has 1 heterocycles. The summed E-state index contributed by atoms with van der Waals surface area (Å²) >= 11 is 1.05. The first-order valence-electron chi connectivity index (χ1n) is 8.45. The molecule has 0 aliphatic carbocycles. The van der Waals surface area contributed by atoms with E-state index in [4.69, 9.17) is 0 Å². The summed E-state index contributed by atoms with van der Waals surface area (Å²) in [6.07, 6.45) is -4.79. The highest BCUT2D eigenvalue weighted by atomic mass is 32.1. The molecule has 0 aliphatic rings. The van der Waals surface area contributed by atoms with Crippen molar-refractivity contribution in [2.75, 3.05) is 16.0 Å². The van der Waals surface area contributed by atoms with Crippen molar-refractivity contribution in [1.29, 1.82) is 0 Å². The number of urea groups is 1. The highest BCUT2D eigenvalue weighted by Crippen LogP contribution is 2.24. The number of halogens is 3. The van der Waals surface area contributed by atoms with E-state index in [1.54, 1.807) is 12.1 Å². The maximum Gasteiger partial charge on any atom is 0.573 e. The van der Waals surface area contributed by atoms with Gasteiger partial charge in [-0.05, 0) is 43.3 Å². The Bertz CT molecular complexity index is 1030. The Morgan fingerprint density at radius 3 is 2.17 bits per heavy atom. The summed E-state index contributed by atoms with van der Waals surface area (Å²) in [7, 11) is 0. The van der Waals surface area contributed by atoms with Crippen molar-refractivity contribution in [1.82, 2.24) is 4.98 Å². The van der Waals surface area contributed by atoms with Crippen LogP contribution in [-0.4, -0.2) is 23.3 Å². The van der Waals surface area contributed by atoms with Gasteiger partial charge in [-0.1, -0.05) is 17.7 Å². The van der Waals surface area contributed by atoms with Crippen LogP contribution in [-0.2, 0) is 0 Å². The summed E-state index contributed by atoms with van der Waals surface area (Å²) in [5.74, 6) is -0.983. The largest absolute Gasteiger partial charge is 0.573 e. The number of hydrogen-bond acceptors (Lipinski definition) is 5. The van der Waals surface area contributed by atoms with Gasteiger partial charge in [0.25, 0.3) is 5.91 Å². The molecule has 0 unspecified atom stereocenters. The molecule has 7 nitrogen and oxygen atoms in total. The molecular formula is C19H15F3N4O3S. The van der Waals surface area contributed by atoms with Gasteiger partial charge >= 0.3 is 12.4 Å². The molecule has 0 spiro atoms. The van der Waals surface area contributed by atoms with Crippen molar-refractivity contribution < 1.29 is 27.5 Å². The Labute approximate surface area is 172 Å². The van der Waals surface area contributed by atoms with Crippen LogP contribution in [0.4, 0.5) is 34.5 Å². The minimum atomic E-state index is -4.79. The zero-order valence-corrected chi connectivity index (χ0v) is 16.2. The number of ether oxygens (including phenoxy) is 1. The SMILES string of the molecule is Cc1ccc(NC(=O)Nc2nc(C(=O)Nc3ccc(OC(F)(F)F)cc3)cs2)cc1. The van der Waals surface area contributed by atoms with Crippen LogP contribution >= 0.6 is 11.3 Å². The number of aryl methyl sites for hydroxylation is 1. The maximum atomic E-state index is 12.2. The first-order chi connectivity index (χ1) is 14.2. The second-order valence-corrected chi connectivity index (χ2v) is 6.87. The molecule has 0 saturated heterocycles. The third-order valence-electron chi connectivity index (χ3n) is 3.61. The number of carbonyl (C=O) groups excluding carboxylic acids is 2. The topological polar surface area (TPSA) is 92.4 Å². The van der Waals surface area contributed by atoms with Gasteiger partial charge in [-0.15, -0.1) is 24.5 Å². The molecule has 3 N–H and O–H groups in total. The van der Waals surface area contributed by atoms with Crippen molar-refractivity contribution in [3.8, 4) is 5.75 Å². The molecule has 3 amide bonds. The van der Waals surface area contributed by atoms with Crippen LogP contribution in [0.3, 0.4) is 0 Å². The summed E-state index contributed by atoms with van der Waals surface area (Å²) in [6.45, 7) is 1.93. The zero-order chi connectivity index (χ0) is 21.7. The number of anilines is 3. The van der Waals surface area contributed by atoms with E-state index in [0.717, 1.165) is 29.0 Å². The Balaban J connectivity index is 1.55. The van der Waals surface area contributed by atoms with E-state index < -0.39 is 24.1 Å². The van der Waals surface area contributed by atoms with E-state index in [0.29, 0.717) is 5.69 Å². The number of alkyl halides is 3. The van der Waals surface area contributed by atoms with Gasteiger partial charge in [0.2, 0.25) is 0 Å². The second-order valence-electron chi connectivity index (χ2n) is 6.01. The molecule has 0 saturated carbocycles. The van der Waals surface area contributed by atoms with E-state index in [2.05, 4.69) is 25.7 Å². The number of rotatable bonds is 5. The number of hydrogen-bond donors (Lipinski definition) is 3. The van der Waals surface area contributed by atoms with E-state index in [-0.39, 0.29) is 16.5 Å². The van der Waals surface area contributed by atoms with Gasteiger partial charge in [0, 0.05) is 16.8 Å². The summed E-state index contributed by atoms with van der Waals surface area (Å²) in [6, 6.07) is 11.4. The van der Waals surface area contributed by atoms with Crippen molar-refractivity contribution in [2.45, 2.75) is 13.3 Å². The molecule has 30 heavy (non-hydrogen) atoms. The molecule has 11 heteroatoms. The van der Waals surface area contributed by atoms with Crippen LogP contribution in [0.15, 0.2) is 53.9 Å². The van der Waals surface area contributed by atoms with Crippen LogP contribution < -0.4 is 20.7 Å². The van der Waals surface area contributed by atoms with Crippen molar-refractivity contribution >= 4 is 39.8 Å². The third kappa shape index (κ3) is 6.21. The molecule has 3 rings (SSSR count). The van der Waals surface area contributed by atoms with Crippen molar-refractivity contribution in [3.63, 3.8) is 0 Å². The smallest absolute Gasteiger partial charge is 0.406 e. The van der Waals surface area contributed by atoms with Gasteiger partial charge < -0.3 is 15.4 Å². The molecule has 0 fully saturated rings. The average Bonchev–Trinajstić information content (AvgIpc) is 3.12. The van der Waals surface area contributed by atoms with Gasteiger partial charge in [0.15, 0.2) is 5.13 Å². The first-order valence-corrected chi connectivity index (χ1v) is 9.33. The lowest BCUT2D eigenvalue weighted by atomic mass is 10.2. The number of aromatic nitrogens is 1. The fourth-order valence-corrected chi connectivity index (χ4v) is 2.95. The molecule has 0 aliphatic heterocycles. The number of amides is 3. The molecule has 3 aromatic rings. The lowest BCUT2D eigenvalue weighted by Crippen LogP contribution is -2.19. The van der Waals surface area contributed by atoms with Gasteiger partial charge in [-0.2, -0.15) is 0 Å². The van der Waals surface area contributed by atoms with Gasteiger partial charge in [0.05, 0.1) is 0 Å². The monoisotopic (exact) mass is 436 g/mol. The molecule has 0 radical (unpaired) electrons.